The largest absolute Gasteiger partial charge is 0.487 e. The third-order valence-electron chi connectivity index (χ3n) is 4.39. The van der Waals surface area contributed by atoms with Crippen LogP contribution in [0.4, 0.5) is 0 Å². The Labute approximate surface area is 138 Å². The molecule has 2 heterocycles. The number of hydrogen-bond acceptors (Lipinski definition) is 4. The monoisotopic (exact) mass is 327 g/mol. The highest BCUT2D eigenvalue weighted by atomic mass is 16.5. The minimum Gasteiger partial charge on any atom is -0.487 e. The first-order chi connectivity index (χ1) is 11.3. The number of ether oxygens (including phenoxy) is 1. The van der Waals surface area contributed by atoms with Gasteiger partial charge in [-0.05, 0) is 38.1 Å². The molecule has 6 heteroatoms. The molecule has 0 spiro atoms. The topological polar surface area (TPSA) is 85.6 Å². The van der Waals surface area contributed by atoms with Crippen LogP contribution in [-0.4, -0.2) is 27.5 Å². The van der Waals surface area contributed by atoms with Crippen LogP contribution in [0.2, 0.25) is 0 Å². The first-order valence-electron chi connectivity index (χ1n) is 7.54. The lowest BCUT2D eigenvalue weighted by molar-refractivity contribution is -0.119. The maximum absolute atomic E-state index is 12.3. The van der Waals surface area contributed by atoms with Crippen LogP contribution in [0.3, 0.4) is 0 Å². The summed E-state index contributed by atoms with van der Waals surface area (Å²) < 4.78 is 7.36. The summed E-state index contributed by atoms with van der Waals surface area (Å²) in [7, 11) is 0. The average molecular weight is 327 g/mol. The Bertz CT molecular complexity index is 868. The SMILES string of the molecule is CC1(C)Oc2ccc(C(=O)O)cc2C(n2ccccc2=O)C1C=O. The van der Waals surface area contributed by atoms with Gasteiger partial charge >= 0.3 is 5.97 Å². The number of fused-ring (bicyclic) bond motifs is 1. The molecule has 1 aliphatic heterocycles. The van der Waals surface area contributed by atoms with E-state index in [1.807, 2.05) is 0 Å². The minimum atomic E-state index is -1.08. The average Bonchev–Trinajstić information content (AvgIpc) is 2.53. The van der Waals surface area contributed by atoms with Crippen LogP contribution in [0.15, 0.2) is 47.4 Å². The standard InChI is InChI=1S/C18H17NO5/c1-18(2)13(10-20)16(19-8-4-3-5-15(19)21)12-9-11(17(22)23)6-7-14(12)24-18/h3-10,13,16H,1-2H3,(H,22,23). The highest BCUT2D eigenvalue weighted by Gasteiger charge is 2.45. The maximum Gasteiger partial charge on any atom is 0.335 e. The number of hydrogen-bond donors (Lipinski definition) is 1. The summed E-state index contributed by atoms with van der Waals surface area (Å²) in [5, 5.41) is 9.24. The number of pyridine rings is 1. The number of aromatic carboxylic acids is 1. The molecular formula is C18H17NO5. The molecule has 6 nitrogen and oxygen atoms in total. The number of carboxylic acid groups (broad SMARTS) is 1. The number of aromatic nitrogens is 1. The van der Waals surface area contributed by atoms with E-state index in [-0.39, 0.29) is 11.1 Å². The molecular weight excluding hydrogens is 310 g/mol. The van der Waals surface area contributed by atoms with E-state index in [0.717, 1.165) is 6.29 Å². The molecule has 0 saturated carbocycles. The molecule has 2 unspecified atom stereocenters. The second-order valence-electron chi connectivity index (χ2n) is 6.32. The van der Waals surface area contributed by atoms with Gasteiger partial charge in [0.1, 0.15) is 17.6 Å². The Morgan fingerprint density at radius 3 is 2.67 bits per heavy atom. The number of carbonyl (C=O) groups is 2. The number of nitrogens with zero attached hydrogens (tertiary/aromatic N) is 1. The molecule has 24 heavy (non-hydrogen) atoms. The van der Waals surface area contributed by atoms with Gasteiger partial charge in [-0.1, -0.05) is 6.07 Å². The van der Waals surface area contributed by atoms with E-state index < -0.39 is 23.5 Å². The van der Waals surface area contributed by atoms with Crippen molar-refractivity contribution in [3.63, 3.8) is 0 Å². The van der Waals surface area contributed by atoms with Crippen LogP contribution in [0.25, 0.3) is 0 Å². The molecule has 0 aliphatic carbocycles. The molecule has 0 fully saturated rings. The zero-order valence-electron chi connectivity index (χ0n) is 13.3. The summed E-state index contributed by atoms with van der Waals surface area (Å²) in [5.41, 5.74) is -0.506. The number of aldehydes is 1. The van der Waals surface area contributed by atoms with Crippen molar-refractivity contribution in [3.05, 3.63) is 64.1 Å². The lowest BCUT2D eigenvalue weighted by atomic mass is 9.78. The Hall–Kier alpha value is -2.89. The smallest absolute Gasteiger partial charge is 0.335 e. The maximum atomic E-state index is 12.3. The minimum absolute atomic E-state index is 0.0793. The van der Waals surface area contributed by atoms with Crippen LogP contribution in [0, 0.1) is 5.92 Å². The predicted octanol–water partition coefficient (Wildman–Crippen LogP) is 2.12. The van der Waals surface area contributed by atoms with Crippen molar-refractivity contribution in [2.75, 3.05) is 0 Å². The van der Waals surface area contributed by atoms with Crippen LogP contribution in [0.5, 0.6) is 5.75 Å². The first-order valence-corrected chi connectivity index (χ1v) is 7.54. The van der Waals surface area contributed by atoms with E-state index in [2.05, 4.69) is 0 Å². The number of carbonyl (C=O) groups excluding carboxylic acids is 1. The van der Waals surface area contributed by atoms with Crippen molar-refractivity contribution >= 4 is 12.3 Å². The molecule has 3 rings (SSSR count). The van der Waals surface area contributed by atoms with Crippen molar-refractivity contribution in [2.24, 2.45) is 5.92 Å². The van der Waals surface area contributed by atoms with Crippen molar-refractivity contribution in [3.8, 4) is 5.75 Å². The van der Waals surface area contributed by atoms with Crippen molar-refractivity contribution < 1.29 is 19.4 Å². The highest BCUT2D eigenvalue weighted by molar-refractivity contribution is 5.88. The van der Waals surface area contributed by atoms with Gasteiger partial charge in [0, 0.05) is 17.8 Å². The van der Waals surface area contributed by atoms with Gasteiger partial charge in [-0.25, -0.2) is 4.79 Å². The van der Waals surface area contributed by atoms with Gasteiger partial charge in [0.05, 0.1) is 17.5 Å². The second-order valence-corrected chi connectivity index (χ2v) is 6.32. The fourth-order valence-electron chi connectivity index (χ4n) is 3.16. The van der Waals surface area contributed by atoms with E-state index in [1.165, 1.54) is 22.8 Å². The fraction of sp³-hybridized carbons (Fsp3) is 0.278. The summed E-state index contributed by atoms with van der Waals surface area (Å²) in [6.45, 7) is 3.56. The molecule has 0 saturated heterocycles. The quantitative estimate of drug-likeness (QED) is 0.873. The first kappa shape index (κ1) is 16.0. The Morgan fingerprint density at radius 1 is 1.29 bits per heavy atom. The van der Waals surface area contributed by atoms with Gasteiger partial charge < -0.3 is 19.2 Å². The molecule has 0 amide bonds. The summed E-state index contributed by atoms with van der Waals surface area (Å²) >= 11 is 0. The number of benzene rings is 1. The number of carboxylic acids is 1. The van der Waals surface area contributed by atoms with Crippen molar-refractivity contribution in [2.45, 2.75) is 25.5 Å². The lowest BCUT2D eigenvalue weighted by Gasteiger charge is -2.43. The lowest BCUT2D eigenvalue weighted by Crippen LogP contribution is -2.49. The Balaban J connectivity index is 2.29. The van der Waals surface area contributed by atoms with Gasteiger partial charge in [0.15, 0.2) is 0 Å². The van der Waals surface area contributed by atoms with Gasteiger partial charge in [-0.15, -0.1) is 0 Å². The summed E-state index contributed by atoms with van der Waals surface area (Å²) in [4.78, 5) is 35.4. The van der Waals surface area contributed by atoms with E-state index >= 15 is 0 Å². The van der Waals surface area contributed by atoms with Gasteiger partial charge in [0.25, 0.3) is 5.56 Å². The zero-order valence-corrected chi connectivity index (χ0v) is 13.3. The van der Waals surface area contributed by atoms with E-state index in [4.69, 9.17) is 4.74 Å². The Kier molecular flexibility index (Phi) is 3.75. The molecule has 2 atom stereocenters. The number of rotatable bonds is 3. The molecule has 1 N–H and O–H groups in total. The van der Waals surface area contributed by atoms with Crippen LogP contribution in [-0.2, 0) is 4.79 Å². The highest BCUT2D eigenvalue weighted by Crippen LogP contribution is 2.44. The summed E-state index contributed by atoms with van der Waals surface area (Å²) in [6, 6.07) is 8.58. The van der Waals surface area contributed by atoms with Crippen LogP contribution < -0.4 is 10.3 Å². The molecule has 2 aromatic rings. The van der Waals surface area contributed by atoms with E-state index in [9.17, 15) is 19.5 Å². The summed E-state index contributed by atoms with van der Waals surface area (Å²) in [5.74, 6) is -1.25. The predicted molar refractivity (Wildman–Crippen MR) is 86.5 cm³/mol. The van der Waals surface area contributed by atoms with Crippen LogP contribution >= 0.6 is 0 Å². The van der Waals surface area contributed by atoms with Crippen molar-refractivity contribution in [1.29, 1.82) is 0 Å². The normalized spacial score (nSPS) is 21.4. The van der Waals surface area contributed by atoms with Crippen LogP contribution in [0.1, 0.15) is 35.8 Å². The van der Waals surface area contributed by atoms with Crippen molar-refractivity contribution in [1.82, 2.24) is 4.57 Å². The molecule has 0 radical (unpaired) electrons. The molecule has 0 bridgehead atoms. The Morgan fingerprint density at radius 2 is 2.04 bits per heavy atom. The zero-order chi connectivity index (χ0) is 17.5. The second kappa shape index (κ2) is 5.63. The third-order valence-corrected chi connectivity index (χ3v) is 4.39. The van der Waals surface area contributed by atoms with Gasteiger partial charge in [-0.3, -0.25) is 4.79 Å². The van der Waals surface area contributed by atoms with Gasteiger partial charge in [0.2, 0.25) is 0 Å². The summed E-state index contributed by atoms with van der Waals surface area (Å²) in [6.07, 6.45) is 2.36. The van der Waals surface area contributed by atoms with E-state index in [1.54, 1.807) is 38.2 Å². The molecule has 1 aliphatic rings. The third kappa shape index (κ3) is 2.50. The molecule has 124 valence electrons. The molecule has 1 aromatic carbocycles. The van der Waals surface area contributed by atoms with E-state index in [0.29, 0.717) is 11.3 Å². The van der Waals surface area contributed by atoms with Gasteiger partial charge in [-0.2, -0.15) is 0 Å². The fourth-order valence-corrected chi connectivity index (χ4v) is 3.16. The molecule has 1 aromatic heterocycles.